The monoisotopic (exact) mass is 448 g/mol. The molecular weight excluding hydrogens is 404 g/mol. The van der Waals surface area contributed by atoms with Crippen LogP contribution in [0.25, 0.3) is 0 Å². The highest BCUT2D eigenvalue weighted by molar-refractivity contribution is 5.95. The van der Waals surface area contributed by atoms with E-state index in [0.717, 1.165) is 0 Å². The Hall–Kier alpha value is -2.18. The molecule has 0 aliphatic rings. The van der Waals surface area contributed by atoms with E-state index in [1.54, 1.807) is 48.6 Å². The highest BCUT2D eigenvalue weighted by atomic mass is 16.6. The van der Waals surface area contributed by atoms with Gasteiger partial charge in [0, 0.05) is 13.1 Å². The maximum Gasteiger partial charge on any atom is 0.322 e. The first-order chi connectivity index (χ1) is 15.0. The van der Waals surface area contributed by atoms with Gasteiger partial charge in [0.05, 0.1) is 0 Å². The van der Waals surface area contributed by atoms with Crippen molar-refractivity contribution >= 4 is 11.9 Å². The summed E-state index contributed by atoms with van der Waals surface area (Å²) >= 11 is 0. The average Bonchev–Trinajstić information content (AvgIpc) is 2.65. The third-order valence-electron chi connectivity index (χ3n) is 4.94. The molecule has 0 bridgehead atoms. The fourth-order valence-electron chi connectivity index (χ4n) is 3.99. The summed E-state index contributed by atoms with van der Waals surface area (Å²) in [5, 5.41) is 0. The summed E-state index contributed by atoms with van der Waals surface area (Å²) in [5.41, 5.74) is -2.82. The van der Waals surface area contributed by atoms with Crippen LogP contribution in [0.2, 0.25) is 0 Å². The van der Waals surface area contributed by atoms with Gasteiger partial charge < -0.3 is 19.3 Å². The van der Waals surface area contributed by atoms with Crippen LogP contribution in [0.4, 0.5) is 0 Å². The maximum absolute atomic E-state index is 13.8. The van der Waals surface area contributed by atoms with Crippen molar-refractivity contribution < 1.29 is 19.1 Å². The molecule has 6 heteroatoms. The van der Waals surface area contributed by atoms with Gasteiger partial charge in [0.2, 0.25) is 0 Å². The van der Waals surface area contributed by atoms with Gasteiger partial charge in [-0.15, -0.1) is 0 Å². The molecule has 0 aromatic carbocycles. The largest absolute Gasteiger partial charge is 0.460 e. The van der Waals surface area contributed by atoms with Crippen LogP contribution in [0.5, 0.6) is 0 Å². The van der Waals surface area contributed by atoms with Gasteiger partial charge in [0.1, 0.15) is 23.0 Å². The van der Waals surface area contributed by atoms with Crippen LogP contribution in [0.3, 0.4) is 0 Å². The number of rotatable bonds is 13. The van der Waals surface area contributed by atoms with Crippen LogP contribution in [0.15, 0.2) is 48.6 Å². The van der Waals surface area contributed by atoms with Crippen LogP contribution in [0.1, 0.15) is 41.5 Å². The van der Waals surface area contributed by atoms with Gasteiger partial charge in [0.15, 0.2) is 0 Å². The summed E-state index contributed by atoms with van der Waals surface area (Å²) in [6, 6.07) is 0. The number of carbonyl (C=O) groups is 2. The van der Waals surface area contributed by atoms with Gasteiger partial charge in [-0.2, -0.15) is 0 Å². The van der Waals surface area contributed by atoms with Crippen molar-refractivity contribution in [3.8, 4) is 0 Å². The zero-order valence-electron chi connectivity index (χ0n) is 21.7. The molecule has 4 atom stereocenters. The van der Waals surface area contributed by atoms with Crippen LogP contribution in [0, 0.1) is 10.8 Å². The van der Waals surface area contributed by atoms with Crippen molar-refractivity contribution in [3.05, 3.63) is 48.6 Å². The van der Waals surface area contributed by atoms with Crippen LogP contribution in [-0.2, 0) is 19.1 Å². The predicted molar refractivity (Wildman–Crippen MR) is 132 cm³/mol. The molecule has 0 amide bonds. The molecule has 0 spiro atoms. The first-order valence-electron chi connectivity index (χ1n) is 11.2. The number of likely N-dealkylation sites (N-methyl/N-ethyl adjacent to an activating group) is 2. The van der Waals surface area contributed by atoms with Crippen LogP contribution < -0.4 is 0 Å². The van der Waals surface area contributed by atoms with Crippen molar-refractivity contribution in [2.24, 2.45) is 10.8 Å². The molecule has 0 N–H and O–H groups in total. The molecule has 32 heavy (non-hydrogen) atoms. The lowest BCUT2D eigenvalue weighted by Crippen LogP contribution is -2.51. The highest BCUT2D eigenvalue weighted by Crippen LogP contribution is 2.48. The Bertz CT molecular complexity index is 621. The van der Waals surface area contributed by atoms with E-state index in [0.29, 0.717) is 13.1 Å². The molecule has 4 unspecified atom stereocenters. The van der Waals surface area contributed by atoms with Crippen LogP contribution >= 0.6 is 0 Å². The quantitative estimate of drug-likeness (QED) is 0.310. The predicted octanol–water partition coefficient (Wildman–Crippen LogP) is 4.25. The molecule has 0 fully saturated rings. The van der Waals surface area contributed by atoms with E-state index in [1.165, 1.54) is 0 Å². The van der Waals surface area contributed by atoms with E-state index in [4.69, 9.17) is 9.47 Å². The topological polar surface area (TPSA) is 59.1 Å². The molecule has 0 aliphatic carbocycles. The molecule has 0 aromatic heterocycles. The number of hydrogen-bond acceptors (Lipinski definition) is 6. The molecule has 0 heterocycles. The van der Waals surface area contributed by atoms with Gasteiger partial charge in [-0.3, -0.25) is 9.59 Å². The summed E-state index contributed by atoms with van der Waals surface area (Å²) in [7, 11) is 7.68. The van der Waals surface area contributed by atoms with Crippen molar-refractivity contribution in [3.63, 3.8) is 0 Å². The molecule has 0 aromatic rings. The normalized spacial score (nSPS) is 18.5. The minimum absolute atomic E-state index is 0.356. The fraction of sp³-hybridized carbons (Fsp3) is 0.615. The number of hydrogen-bond donors (Lipinski definition) is 0. The second-order valence-electron chi connectivity index (χ2n) is 8.69. The molecule has 0 radical (unpaired) electrons. The van der Waals surface area contributed by atoms with E-state index in [-0.39, 0.29) is 12.2 Å². The number of nitrogens with zero attached hydrogens (tertiary/aromatic N) is 2. The Balaban J connectivity index is 6.79. The van der Waals surface area contributed by atoms with Gasteiger partial charge in [-0.25, -0.2) is 0 Å². The van der Waals surface area contributed by atoms with Gasteiger partial charge in [-0.1, -0.05) is 48.6 Å². The number of esters is 2. The zero-order valence-corrected chi connectivity index (χ0v) is 21.7. The van der Waals surface area contributed by atoms with Crippen molar-refractivity contribution in [1.29, 1.82) is 0 Å². The van der Waals surface area contributed by atoms with E-state index < -0.39 is 22.8 Å². The molecule has 0 rings (SSSR count). The first kappa shape index (κ1) is 29.8. The average molecular weight is 449 g/mol. The summed E-state index contributed by atoms with van der Waals surface area (Å²) in [6.07, 6.45) is 13.3. The minimum Gasteiger partial charge on any atom is -0.460 e. The van der Waals surface area contributed by atoms with Gasteiger partial charge in [-0.05, 0) is 69.7 Å². The molecule has 6 nitrogen and oxygen atoms in total. The third-order valence-corrected chi connectivity index (χ3v) is 4.94. The second kappa shape index (κ2) is 14.1. The van der Waals surface area contributed by atoms with Crippen LogP contribution in [-0.4, -0.2) is 75.2 Å². The number of ether oxygens (including phenoxy) is 2. The van der Waals surface area contributed by atoms with E-state index >= 15 is 0 Å². The lowest BCUT2D eigenvalue weighted by atomic mass is 9.61. The van der Waals surface area contributed by atoms with Crippen molar-refractivity contribution in [1.82, 2.24) is 9.80 Å². The summed E-state index contributed by atoms with van der Waals surface area (Å²) in [6.45, 7) is 12.1. The lowest BCUT2D eigenvalue weighted by Gasteiger charge is -2.41. The summed E-state index contributed by atoms with van der Waals surface area (Å²) in [5.74, 6) is -1.01. The Morgan fingerprint density at radius 1 is 0.656 bits per heavy atom. The number of carbonyl (C=O) groups excluding carboxylic acids is 2. The highest BCUT2D eigenvalue weighted by Gasteiger charge is 2.57. The number of allylic oxidation sites excluding steroid dienone is 4. The summed E-state index contributed by atoms with van der Waals surface area (Å²) in [4.78, 5) is 31.5. The standard InChI is InChI=1S/C26H44N2O4/c1-11-15-25(16-12-2,23(29)31-21(5)19-27(7)8)26(17-13-3,18-14-4)24(30)32-22(6)20-28(9)10/h11-18,21-22H,19-20H2,1-10H3/b15-11-,16-12+,17-13-,18-14+. The molecule has 182 valence electrons. The van der Waals surface area contributed by atoms with Gasteiger partial charge >= 0.3 is 11.9 Å². The van der Waals surface area contributed by atoms with E-state index in [9.17, 15) is 9.59 Å². The van der Waals surface area contributed by atoms with E-state index in [2.05, 4.69) is 0 Å². The zero-order chi connectivity index (χ0) is 24.9. The first-order valence-corrected chi connectivity index (χ1v) is 11.2. The minimum atomic E-state index is -1.41. The molecule has 0 aliphatic heterocycles. The van der Waals surface area contributed by atoms with Crippen molar-refractivity contribution in [2.45, 2.75) is 53.8 Å². The Morgan fingerprint density at radius 2 is 0.906 bits per heavy atom. The van der Waals surface area contributed by atoms with Gasteiger partial charge in [0.25, 0.3) is 0 Å². The SMILES string of the molecule is C/C=C\C(/C=C/C)(C(=O)OC(C)CN(C)C)C(/C=C\C)(/C=C/C)C(=O)OC(C)CN(C)C. The Labute approximate surface area is 195 Å². The second-order valence-corrected chi connectivity index (χ2v) is 8.69. The molecular formula is C26H44N2O4. The smallest absolute Gasteiger partial charge is 0.322 e. The molecule has 0 saturated carbocycles. The van der Waals surface area contributed by atoms with E-state index in [1.807, 2.05) is 79.5 Å². The third kappa shape index (κ3) is 7.75. The fourth-order valence-corrected chi connectivity index (χ4v) is 3.99. The Kier molecular flexibility index (Phi) is 13.1. The summed E-state index contributed by atoms with van der Waals surface area (Å²) < 4.78 is 11.8. The maximum atomic E-state index is 13.8. The Morgan fingerprint density at radius 3 is 1.09 bits per heavy atom. The lowest BCUT2D eigenvalue weighted by molar-refractivity contribution is -0.171. The van der Waals surface area contributed by atoms with Crippen molar-refractivity contribution in [2.75, 3.05) is 41.3 Å². The molecule has 0 saturated heterocycles.